The van der Waals surface area contributed by atoms with Crippen molar-refractivity contribution in [3.8, 4) is 11.5 Å². The first kappa shape index (κ1) is 13.9. The molecule has 2 aromatic carbocycles. The van der Waals surface area contributed by atoms with Gasteiger partial charge in [0, 0.05) is 17.9 Å². The van der Waals surface area contributed by atoms with Gasteiger partial charge in [-0.3, -0.25) is 0 Å². The highest BCUT2D eigenvalue weighted by molar-refractivity contribution is 6.58. The summed E-state index contributed by atoms with van der Waals surface area (Å²) in [5.41, 5.74) is 0.961. The standard InChI is InChI=1S/C15H14BFO4/c17-14-8-11(5-6-13(14)16(18)19)20-9-12-7-10-3-1-2-4-15(10)21-12/h1-6,8,12,18-19H,7,9H2. The van der Waals surface area contributed by atoms with Gasteiger partial charge in [0.25, 0.3) is 0 Å². The van der Waals surface area contributed by atoms with Crippen molar-refractivity contribution in [3.05, 3.63) is 53.8 Å². The van der Waals surface area contributed by atoms with Crippen LogP contribution in [0.15, 0.2) is 42.5 Å². The Hall–Kier alpha value is -2.05. The largest absolute Gasteiger partial charge is 0.491 e. The minimum Gasteiger partial charge on any atom is -0.490 e. The zero-order valence-corrected chi connectivity index (χ0v) is 11.2. The van der Waals surface area contributed by atoms with Gasteiger partial charge < -0.3 is 19.5 Å². The fourth-order valence-electron chi connectivity index (χ4n) is 2.34. The molecule has 21 heavy (non-hydrogen) atoms. The van der Waals surface area contributed by atoms with E-state index in [0.717, 1.165) is 23.8 Å². The molecule has 1 aliphatic heterocycles. The summed E-state index contributed by atoms with van der Waals surface area (Å²) in [6, 6.07) is 11.7. The molecule has 0 spiro atoms. The molecule has 0 saturated heterocycles. The van der Waals surface area contributed by atoms with Crippen molar-refractivity contribution >= 4 is 12.6 Å². The van der Waals surface area contributed by atoms with Crippen molar-refractivity contribution in [1.82, 2.24) is 0 Å². The molecule has 3 rings (SSSR count). The first-order valence-electron chi connectivity index (χ1n) is 6.66. The van der Waals surface area contributed by atoms with Crippen LogP contribution in [0.25, 0.3) is 0 Å². The number of rotatable bonds is 4. The Bertz CT molecular complexity index is 622. The lowest BCUT2D eigenvalue weighted by molar-refractivity contribution is 0.148. The normalized spacial score (nSPS) is 16.2. The molecule has 0 radical (unpaired) electrons. The van der Waals surface area contributed by atoms with Crippen LogP contribution >= 0.6 is 0 Å². The van der Waals surface area contributed by atoms with E-state index in [9.17, 15) is 4.39 Å². The average Bonchev–Trinajstić information content (AvgIpc) is 2.87. The predicted octanol–water partition coefficient (Wildman–Crippen LogP) is 0.888. The van der Waals surface area contributed by atoms with Gasteiger partial charge in [0.15, 0.2) is 0 Å². The number of hydrogen-bond acceptors (Lipinski definition) is 4. The summed E-state index contributed by atoms with van der Waals surface area (Å²) in [6.45, 7) is 0.301. The summed E-state index contributed by atoms with van der Waals surface area (Å²) in [6.07, 6.45) is 0.653. The van der Waals surface area contributed by atoms with Crippen LogP contribution in [-0.4, -0.2) is 29.9 Å². The third-order valence-corrected chi connectivity index (χ3v) is 3.40. The molecule has 6 heteroatoms. The quantitative estimate of drug-likeness (QED) is 0.820. The maximum atomic E-state index is 13.6. The van der Waals surface area contributed by atoms with E-state index in [-0.39, 0.29) is 11.6 Å². The van der Waals surface area contributed by atoms with Crippen LogP contribution in [0.3, 0.4) is 0 Å². The molecule has 1 aliphatic rings. The SMILES string of the molecule is OB(O)c1ccc(OCC2Cc3ccccc3O2)cc1F. The van der Waals surface area contributed by atoms with Gasteiger partial charge in [-0.05, 0) is 17.7 Å². The van der Waals surface area contributed by atoms with E-state index >= 15 is 0 Å². The topological polar surface area (TPSA) is 58.9 Å². The summed E-state index contributed by atoms with van der Waals surface area (Å²) in [5, 5.41) is 17.9. The van der Waals surface area contributed by atoms with Gasteiger partial charge >= 0.3 is 7.12 Å². The van der Waals surface area contributed by atoms with Crippen molar-refractivity contribution in [3.63, 3.8) is 0 Å². The third kappa shape index (κ3) is 3.01. The Labute approximate surface area is 121 Å². The van der Waals surface area contributed by atoms with Crippen LogP contribution in [0.2, 0.25) is 0 Å². The second-order valence-corrected chi connectivity index (χ2v) is 4.92. The molecule has 2 aromatic rings. The van der Waals surface area contributed by atoms with Crippen LogP contribution in [0.1, 0.15) is 5.56 Å². The van der Waals surface area contributed by atoms with E-state index in [1.807, 2.05) is 24.3 Å². The van der Waals surface area contributed by atoms with E-state index < -0.39 is 12.9 Å². The zero-order valence-electron chi connectivity index (χ0n) is 11.2. The van der Waals surface area contributed by atoms with Gasteiger partial charge in [0.1, 0.15) is 30.0 Å². The highest BCUT2D eigenvalue weighted by Crippen LogP contribution is 2.28. The molecule has 0 saturated carbocycles. The second kappa shape index (κ2) is 5.75. The molecule has 0 aromatic heterocycles. The van der Waals surface area contributed by atoms with Crippen molar-refractivity contribution in [2.45, 2.75) is 12.5 Å². The van der Waals surface area contributed by atoms with Crippen molar-refractivity contribution in [2.24, 2.45) is 0 Å². The fraction of sp³-hybridized carbons (Fsp3) is 0.200. The molecule has 4 nitrogen and oxygen atoms in total. The highest BCUT2D eigenvalue weighted by Gasteiger charge is 2.23. The molecular weight excluding hydrogens is 274 g/mol. The fourth-order valence-corrected chi connectivity index (χ4v) is 2.34. The van der Waals surface area contributed by atoms with Crippen LogP contribution in [0, 0.1) is 5.82 Å². The maximum Gasteiger partial charge on any atom is 0.491 e. The van der Waals surface area contributed by atoms with Gasteiger partial charge in [-0.15, -0.1) is 0 Å². The first-order valence-corrected chi connectivity index (χ1v) is 6.66. The molecule has 108 valence electrons. The highest BCUT2D eigenvalue weighted by atomic mass is 19.1. The first-order chi connectivity index (χ1) is 10.1. The third-order valence-electron chi connectivity index (χ3n) is 3.40. The lowest BCUT2D eigenvalue weighted by Gasteiger charge is -2.13. The molecule has 1 unspecified atom stereocenters. The minimum absolute atomic E-state index is 0.103. The summed E-state index contributed by atoms with van der Waals surface area (Å²) >= 11 is 0. The van der Waals surface area contributed by atoms with E-state index in [1.54, 1.807) is 0 Å². The van der Waals surface area contributed by atoms with Crippen molar-refractivity contribution in [1.29, 1.82) is 0 Å². The van der Waals surface area contributed by atoms with Crippen LogP contribution in [0.5, 0.6) is 11.5 Å². The molecule has 1 atom stereocenters. The second-order valence-electron chi connectivity index (χ2n) is 4.92. The Morgan fingerprint density at radius 2 is 2.05 bits per heavy atom. The summed E-state index contributed by atoms with van der Waals surface area (Å²) in [5.74, 6) is 0.477. The smallest absolute Gasteiger partial charge is 0.490 e. The number of para-hydroxylation sites is 1. The number of fused-ring (bicyclic) bond motifs is 1. The van der Waals surface area contributed by atoms with Crippen LogP contribution in [-0.2, 0) is 6.42 Å². The summed E-state index contributed by atoms with van der Waals surface area (Å²) in [4.78, 5) is 0. The number of benzene rings is 2. The van der Waals surface area contributed by atoms with Crippen LogP contribution < -0.4 is 14.9 Å². The Kier molecular flexibility index (Phi) is 3.81. The van der Waals surface area contributed by atoms with E-state index in [2.05, 4.69) is 0 Å². The number of hydrogen-bond donors (Lipinski definition) is 2. The zero-order chi connectivity index (χ0) is 14.8. The summed E-state index contributed by atoms with van der Waals surface area (Å²) < 4.78 is 24.8. The van der Waals surface area contributed by atoms with Gasteiger partial charge in [-0.2, -0.15) is 0 Å². The molecule has 0 fully saturated rings. The molecular formula is C15H14BFO4. The molecule has 1 heterocycles. The number of halogens is 1. The van der Waals surface area contributed by atoms with Gasteiger partial charge in [0.2, 0.25) is 0 Å². The van der Waals surface area contributed by atoms with Crippen molar-refractivity contribution in [2.75, 3.05) is 6.61 Å². The lowest BCUT2D eigenvalue weighted by atomic mass is 9.80. The van der Waals surface area contributed by atoms with E-state index in [1.165, 1.54) is 12.1 Å². The van der Waals surface area contributed by atoms with Gasteiger partial charge in [-0.1, -0.05) is 24.3 Å². The average molecular weight is 288 g/mol. The molecule has 0 bridgehead atoms. The number of ether oxygens (including phenoxy) is 2. The van der Waals surface area contributed by atoms with Crippen LogP contribution in [0.4, 0.5) is 4.39 Å². The van der Waals surface area contributed by atoms with Gasteiger partial charge in [-0.25, -0.2) is 4.39 Å². The Balaban J connectivity index is 1.61. The lowest BCUT2D eigenvalue weighted by Crippen LogP contribution is -2.32. The monoisotopic (exact) mass is 288 g/mol. The molecule has 0 amide bonds. The van der Waals surface area contributed by atoms with Crippen molar-refractivity contribution < 1.29 is 23.9 Å². The Morgan fingerprint density at radius 1 is 1.24 bits per heavy atom. The molecule has 0 aliphatic carbocycles. The van der Waals surface area contributed by atoms with Gasteiger partial charge in [0.05, 0.1) is 0 Å². The minimum atomic E-state index is -1.83. The molecule has 2 N–H and O–H groups in total. The van der Waals surface area contributed by atoms with E-state index in [0.29, 0.717) is 12.4 Å². The summed E-state index contributed by atoms with van der Waals surface area (Å²) in [7, 11) is -1.83. The predicted molar refractivity (Wildman–Crippen MR) is 76.3 cm³/mol. The Morgan fingerprint density at radius 3 is 2.76 bits per heavy atom. The van der Waals surface area contributed by atoms with E-state index in [4.69, 9.17) is 19.5 Å². The maximum absolute atomic E-state index is 13.6.